The molecular weight excluding hydrogens is 292 g/mol. The molecule has 0 amide bonds. The average molecular weight is 312 g/mol. The molecule has 23 heavy (non-hydrogen) atoms. The Bertz CT molecular complexity index is 732. The minimum absolute atomic E-state index is 0.104. The highest BCUT2D eigenvalue weighted by molar-refractivity contribution is 6.15. The number of ether oxygens (including phenoxy) is 2. The van der Waals surface area contributed by atoms with Crippen LogP contribution in [0.5, 0.6) is 5.75 Å². The van der Waals surface area contributed by atoms with Crippen molar-refractivity contribution in [2.45, 2.75) is 20.5 Å². The number of hydrogen-bond donors (Lipinski definition) is 1. The van der Waals surface area contributed by atoms with Crippen LogP contribution < -0.4 is 4.74 Å². The van der Waals surface area contributed by atoms with Crippen LogP contribution in [0.1, 0.15) is 22.3 Å². The normalized spacial score (nSPS) is 11.2. The van der Waals surface area contributed by atoms with Crippen LogP contribution in [0.25, 0.3) is 5.57 Å². The van der Waals surface area contributed by atoms with E-state index in [0.29, 0.717) is 5.56 Å². The van der Waals surface area contributed by atoms with Gasteiger partial charge in [-0.2, -0.15) is 0 Å². The Labute approximate surface area is 136 Å². The Morgan fingerprint density at radius 1 is 1.17 bits per heavy atom. The van der Waals surface area contributed by atoms with Gasteiger partial charge in [-0.15, -0.1) is 0 Å². The highest BCUT2D eigenvalue weighted by Crippen LogP contribution is 2.24. The van der Waals surface area contributed by atoms with Gasteiger partial charge in [-0.1, -0.05) is 36.4 Å². The molecule has 4 heteroatoms. The number of aliphatic carboxylic acids is 1. The predicted octanol–water partition coefficient (Wildman–Crippen LogP) is 3.95. The molecule has 2 aromatic rings. The molecule has 0 spiro atoms. The zero-order valence-corrected chi connectivity index (χ0v) is 13.5. The van der Waals surface area contributed by atoms with Crippen molar-refractivity contribution >= 4 is 11.5 Å². The second-order valence-electron chi connectivity index (χ2n) is 5.29. The first-order valence-corrected chi connectivity index (χ1v) is 7.27. The maximum absolute atomic E-state index is 11.4. The molecule has 0 fully saturated rings. The Balaban J connectivity index is 2.29. The fraction of sp³-hybridized carbons (Fsp3) is 0.211. The molecule has 0 aliphatic heterocycles. The molecule has 0 aliphatic carbocycles. The molecule has 0 saturated carbocycles. The third-order valence-electron chi connectivity index (χ3n) is 3.50. The Morgan fingerprint density at radius 3 is 2.61 bits per heavy atom. The summed E-state index contributed by atoms with van der Waals surface area (Å²) in [7, 11) is 1.43. The van der Waals surface area contributed by atoms with Gasteiger partial charge < -0.3 is 14.6 Å². The van der Waals surface area contributed by atoms with Crippen molar-refractivity contribution in [1.82, 2.24) is 0 Å². The van der Waals surface area contributed by atoms with Crippen LogP contribution in [0.4, 0.5) is 0 Å². The first kappa shape index (κ1) is 16.6. The van der Waals surface area contributed by atoms with E-state index in [1.165, 1.54) is 13.4 Å². The molecule has 1 N–H and O–H groups in total. The lowest BCUT2D eigenvalue weighted by Gasteiger charge is -2.13. The van der Waals surface area contributed by atoms with Gasteiger partial charge in [0.25, 0.3) is 0 Å². The Hall–Kier alpha value is -2.75. The largest absolute Gasteiger partial charge is 0.503 e. The number of carbonyl (C=O) groups is 1. The molecule has 0 bridgehead atoms. The number of aryl methyl sites for hydroxylation is 2. The van der Waals surface area contributed by atoms with E-state index >= 15 is 0 Å². The summed E-state index contributed by atoms with van der Waals surface area (Å²) >= 11 is 0. The van der Waals surface area contributed by atoms with Gasteiger partial charge in [-0.05, 0) is 42.2 Å². The van der Waals surface area contributed by atoms with Crippen LogP contribution in [0, 0.1) is 13.8 Å². The standard InChI is InChI=1S/C19H20O4/c1-13-8-9-14(2)18(10-13)23-11-15-6-4-5-7-16(15)17(12-22-3)19(20)21/h4-10,12H,11H2,1-3H3,(H,20,21)/b17-12+. The molecule has 120 valence electrons. The molecular formula is C19H20O4. The van der Waals surface area contributed by atoms with Crippen LogP contribution in [0.15, 0.2) is 48.7 Å². The lowest BCUT2D eigenvalue weighted by Crippen LogP contribution is -2.06. The number of rotatable bonds is 6. The van der Waals surface area contributed by atoms with Gasteiger partial charge in [0.1, 0.15) is 17.9 Å². The SMILES string of the molecule is CO/C=C(/C(=O)O)c1ccccc1COc1cc(C)ccc1C. The van der Waals surface area contributed by atoms with Gasteiger partial charge >= 0.3 is 5.97 Å². The summed E-state index contributed by atoms with van der Waals surface area (Å²) in [4.78, 5) is 11.4. The van der Waals surface area contributed by atoms with E-state index in [2.05, 4.69) is 0 Å². The smallest absolute Gasteiger partial charge is 0.339 e. The van der Waals surface area contributed by atoms with Crippen LogP contribution in [0.2, 0.25) is 0 Å². The van der Waals surface area contributed by atoms with E-state index in [1.54, 1.807) is 12.1 Å². The maximum Gasteiger partial charge on any atom is 0.339 e. The fourth-order valence-electron chi connectivity index (χ4n) is 2.27. The van der Waals surface area contributed by atoms with Crippen LogP contribution in [-0.4, -0.2) is 18.2 Å². The quantitative estimate of drug-likeness (QED) is 0.648. The minimum Gasteiger partial charge on any atom is -0.503 e. The Morgan fingerprint density at radius 2 is 1.91 bits per heavy atom. The molecule has 2 aromatic carbocycles. The second kappa shape index (κ2) is 7.49. The number of methoxy groups -OCH3 is 1. The monoisotopic (exact) mass is 312 g/mol. The van der Waals surface area contributed by atoms with Crippen LogP contribution >= 0.6 is 0 Å². The maximum atomic E-state index is 11.4. The molecule has 2 rings (SSSR count). The predicted molar refractivity (Wildman–Crippen MR) is 89.3 cm³/mol. The second-order valence-corrected chi connectivity index (χ2v) is 5.29. The van der Waals surface area contributed by atoms with Crippen molar-refractivity contribution in [3.8, 4) is 5.75 Å². The molecule has 0 aromatic heterocycles. The van der Waals surface area contributed by atoms with Crippen molar-refractivity contribution in [3.05, 3.63) is 71.0 Å². The summed E-state index contributed by atoms with van der Waals surface area (Å²) in [5.74, 6) is -0.238. The lowest BCUT2D eigenvalue weighted by atomic mass is 10.0. The van der Waals surface area contributed by atoms with Gasteiger partial charge in [0.2, 0.25) is 0 Å². The summed E-state index contributed by atoms with van der Waals surface area (Å²) < 4.78 is 10.8. The first-order valence-electron chi connectivity index (χ1n) is 7.27. The topological polar surface area (TPSA) is 55.8 Å². The summed E-state index contributed by atoms with van der Waals surface area (Å²) in [5.41, 5.74) is 3.64. The molecule has 0 atom stereocenters. The highest BCUT2D eigenvalue weighted by Gasteiger charge is 2.15. The van der Waals surface area contributed by atoms with Gasteiger partial charge in [0, 0.05) is 0 Å². The lowest BCUT2D eigenvalue weighted by molar-refractivity contribution is -0.130. The van der Waals surface area contributed by atoms with E-state index in [0.717, 1.165) is 22.4 Å². The molecule has 0 aliphatic rings. The van der Waals surface area contributed by atoms with E-state index in [-0.39, 0.29) is 12.2 Å². The van der Waals surface area contributed by atoms with Gasteiger partial charge in [0.05, 0.1) is 13.4 Å². The van der Waals surface area contributed by atoms with E-state index in [4.69, 9.17) is 9.47 Å². The third kappa shape index (κ3) is 4.13. The highest BCUT2D eigenvalue weighted by atomic mass is 16.5. The number of hydrogen-bond acceptors (Lipinski definition) is 3. The molecule has 4 nitrogen and oxygen atoms in total. The first-order chi connectivity index (χ1) is 11.0. The van der Waals surface area contributed by atoms with E-state index < -0.39 is 5.97 Å². The summed E-state index contributed by atoms with van der Waals surface area (Å²) in [5, 5.41) is 9.36. The number of carboxylic acids is 1. The van der Waals surface area contributed by atoms with Gasteiger partial charge in [0.15, 0.2) is 0 Å². The minimum atomic E-state index is -1.04. The number of carboxylic acid groups (broad SMARTS) is 1. The van der Waals surface area contributed by atoms with Crippen LogP contribution in [-0.2, 0) is 16.1 Å². The summed E-state index contributed by atoms with van der Waals surface area (Å²) in [6.45, 7) is 4.27. The van der Waals surface area contributed by atoms with Crippen molar-refractivity contribution < 1.29 is 19.4 Å². The zero-order valence-electron chi connectivity index (χ0n) is 13.5. The summed E-state index contributed by atoms with van der Waals surface area (Å²) in [6.07, 6.45) is 1.24. The fourth-order valence-corrected chi connectivity index (χ4v) is 2.27. The molecule has 0 unspecified atom stereocenters. The van der Waals surface area contributed by atoms with Crippen LogP contribution in [0.3, 0.4) is 0 Å². The zero-order chi connectivity index (χ0) is 16.8. The van der Waals surface area contributed by atoms with Crippen molar-refractivity contribution in [2.75, 3.05) is 7.11 Å². The number of benzene rings is 2. The van der Waals surface area contributed by atoms with Crippen molar-refractivity contribution in [2.24, 2.45) is 0 Å². The van der Waals surface area contributed by atoms with E-state index in [1.807, 2.05) is 44.2 Å². The van der Waals surface area contributed by atoms with E-state index in [9.17, 15) is 9.90 Å². The Kier molecular flexibility index (Phi) is 5.41. The van der Waals surface area contributed by atoms with Crippen molar-refractivity contribution in [1.29, 1.82) is 0 Å². The average Bonchev–Trinajstić information content (AvgIpc) is 2.53. The van der Waals surface area contributed by atoms with Gasteiger partial charge in [-0.25, -0.2) is 4.79 Å². The third-order valence-corrected chi connectivity index (χ3v) is 3.50. The molecule has 0 radical (unpaired) electrons. The molecule has 0 saturated heterocycles. The van der Waals surface area contributed by atoms with Crippen molar-refractivity contribution in [3.63, 3.8) is 0 Å². The molecule has 0 heterocycles. The summed E-state index contributed by atoms with van der Waals surface area (Å²) in [6, 6.07) is 13.3. The van der Waals surface area contributed by atoms with Gasteiger partial charge in [-0.3, -0.25) is 0 Å².